The highest BCUT2D eigenvalue weighted by molar-refractivity contribution is 5.96. The number of benzene rings is 2. The van der Waals surface area contributed by atoms with Gasteiger partial charge in [-0.3, -0.25) is 4.79 Å². The van der Waals surface area contributed by atoms with Gasteiger partial charge in [-0.15, -0.1) is 0 Å². The summed E-state index contributed by atoms with van der Waals surface area (Å²) in [4.78, 5) is 25.5. The lowest BCUT2D eigenvalue weighted by Crippen LogP contribution is -2.43. The van der Waals surface area contributed by atoms with Gasteiger partial charge in [0.2, 0.25) is 0 Å². The van der Waals surface area contributed by atoms with E-state index in [0.717, 1.165) is 37.0 Å². The van der Waals surface area contributed by atoms with Gasteiger partial charge in [0.05, 0.1) is 13.7 Å². The number of amides is 1. The fraction of sp³-hybridized carbons (Fsp3) is 0.440. The minimum Gasteiger partial charge on any atom is -0.497 e. The molecule has 30 heavy (non-hydrogen) atoms. The maximum absolute atomic E-state index is 12.9. The van der Waals surface area contributed by atoms with Crippen LogP contribution in [0.2, 0.25) is 0 Å². The van der Waals surface area contributed by atoms with E-state index in [0.29, 0.717) is 24.5 Å². The maximum Gasteiger partial charge on any atom is 0.329 e. The molecule has 0 radical (unpaired) electrons. The van der Waals surface area contributed by atoms with E-state index in [1.54, 1.807) is 31.4 Å². The van der Waals surface area contributed by atoms with Crippen LogP contribution in [0, 0.1) is 5.92 Å². The summed E-state index contributed by atoms with van der Waals surface area (Å²) in [5.41, 5.74) is 1.43. The number of unbranched alkanes of at least 4 members (excludes halogenated alkanes) is 1. The van der Waals surface area contributed by atoms with Crippen molar-refractivity contribution in [3.05, 3.63) is 65.7 Å². The van der Waals surface area contributed by atoms with Gasteiger partial charge >= 0.3 is 5.97 Å². The predicted molar refractivity (Wildman–Crippen MR) is 119 cm³/mol. The van der Waals surface area contributed by atoms with Crippen molar-refractivity contribution in [1.82, 2.24) is 5.32 Å². The van der Waals surface area contributed by atoms with E-state index in [2.05, 4.69) is 19.2 Å². The molecule has 162 valence electrons. The molecule has 0 aliphatic heterocycles. The van der Waals surface area contributed by atoms with E-state index in [1.807, 2.05) is 30.3 Å². The number of ether oxygens (including phenoxy) is 2. The zero-order valence-electron chi connectivity index (χ0n) is 18.2. The van der Waals surface area contributed by atoms with Crippen molar-refractivity contribution in [2.45, 2.75) is 52.0 Å². The van der Waals surface area contributed by atoms with Crippen molar-refractivity contribution in [2.75, 3.05) is 13.7 Å². The van der Waals surface area contributed by atoms with Crippen LogP contribution >= 0.6 is 0 Å². The van der Waals surface area contributed by atoms with E-state index in [1.165, 1.54) is 0 Å². The normalized spacial score (nSPS) is 12.6. The molecule has 0 spiro atoms. The van der Waals surface area contributed by atoms with Gasteiger partial charge in [-0.25, -0.2) is 4.79 Å². The lowest BCUT2D eigenvalue weighted by Gasteiger charge is -2.20. The number of carbonyl (C=O) groups excluding carboxylic acids is 2. The first-order valence-corrected chi connectivity index (χ1v) is 10.7. The van der Waals surface area contributed by atoms with Crippen LogP contribution in [0.15, 0.2) is 54.6 Å². The van der Waals surface area contributed by atoms with Crippen LogP contribution in [-0.2, 0) is 16.0 Å². The minimum absolute atomic E-state index is 0.288. The lowest BCUT2D eigenvalue weighted by molar-refractivity contribution is -0.147. The summed E-state index contributed by atoms with van der Waals surface area (Å²) < 4.78 is 10.8. The zero-order chi connectivity index (χ0) is 21.8. The standard InChI is InChI=1S/C25H33NO4/c1-4-6-10-19(5-2)18-30-25(28)23(17-20-13-15-22(29-3)16-14-20)26-24(27)21-11-8-7-9-12-21/h7-9,11-16,19,23H,4-6,10,17-18H2,1-3H3,(H,26,27). The molecule has 2 aromatic carbocycles. The Morgan fingerprint density at radius 2 is 1.70 bits per heavy atom. The van der Waals surface area contributed by atoms with Gasteiger partial charge in [0.25, 0.3) is 5.91 Å². The second-order valence-electron chi connectivity index (χ2n) is 7.49. The Hall–Kier alpha value is -2.82. The number of nitrogens with one attached hydrogen (secondary N) is 1. The van der Waals surface area contributed by atoms with E-state index in [4.69, 9.17) is 9.47 Å². The average Bonchev–Trinajstić information content (AvgIpc) is 2.79. The molecule has 5 nitrogen and oxygen atoms in total. The summed E-state index contributed by atoms with van der Waals surface area (Å²) in [6.45, 7) is 4.65. The number of carbonyl (C=O) groups is 2. The topological polar surface area (TPSA) is 64.6 Å². The van der Waals surface area contributed by atoms with Crippen LogP contribution in [0.1, 0.15) is 55.5 Å². The molecule has 1 amide bonds. The summed E-state index contributed by atoms with van der Waals surface area (Å²) in [5.74, 6) is 0.405. The number of esters is 1. The third-order valence-corrected chi connectivity index (χ3v) is 5.23. The van der Waals surface area contributed by atoms with Crippen LogP contribution < -0.4 is 10.1 Å². The summed E-state index contributed by atoms with van der Waals surface area (Å²) in [5, 5.41) is 2.85. The fourth-order valence-corrected chi connectivity index (χ4v) is 3.22. The van der Waals surface area contributed by atoms with Crippen molar-refractivity contribution < 1.29 is 19.1 Å². The van der Waals surface area contributed by atoms with Gasteiger partial charge < -0.3 is 14.8 Å². The predicted octanol–water partition coefficient (Wildman–Crippen LogP) is 4.80. The molecular formula is C25H33NO4. The van der Waals surface area contributed by atoms with E-state index in [-0.39, 0.29) is 5.91 Å². The number of hydrogen-bond acceptors (Lipinski definition) is 4. The number of rotatable bonds is 12. The monoisotopic (exact) mass is 411 g/mol. The molecule has 0 saturated carbocycles. The molecule has 1 N–H and O–H groups in total. The highest BCUT2D eigenvalue weighted by atomic mass is 16.5. The van der Waals surface area contributed by atoms with Crippen LogP contribution in [0.25, 0.3) is 0 Å². The van der Waals surface area contributed by atoms with Gasteiger partial charge in [0.15, 0.2) is 0 Å². The molecule has 2 unspecified atom stereocenters. The molecule has 0 aliphatic rings. The zero-order valence-corrected chi connectivity index (χ0v) is 18.2. The van der Waals surface area contributed by atoms with Crippen molar-refractivity contribution in [1.29, 1.82) is 0 Å². The van der Waals surface area contributed by atoms with E-state index < -0.39 is 12.0 Å². The van der Waals surface area contributed by atoms with Gasteiger partial charge in [-0.2, -0.15) is 0 Å². The van der Waals surface area contributed by atoms with Crippen LogP contribution in [0.4, 0.5) is 0 Å². The molecule has 0 aliphatic carbocycles. The second-order valence-corrected chi connectivity index (χ2v) is 7.49. The Kier molecular flexibility index (Phi) is 9.92. The molecule has 2 aromatic rings. The summed E-state index contributed by atoms with van der Waals surface area (Å²) in [6.07, 6.45) is 4.60. The SMILES string of the molecule is CCCCC(CC)COC(=O)C(Cc1ccc(OC)cc1)NC(=O)c1ccccc1. The Balaban J connectivity index is 2.08. The quantitative estimate of drug-likeness (QED) is 0.510. The largest absolute Gasteiger partial charge is 0.497 e. The summed E-state index contributed by atoms with van der Waals surface area (Å²) in [7, 11) is 1.61. The Bertz CT molecular complexity index is 773. The van der Waals surface area contributed by atoms with E-state index >= 15 is 0 Å². The summed E-state index contributed by atoms with van der Waals surface area (Å²) in [6, 6.07) is 15.6. The van der Waals surface area contributed by atoms with Gasteiger partial charge in [-0.1, -0.05) is 63.4 Å². The highest BCUT2D eigenvalue weighted by Gasteiger charge is 2.24. The summed E-state index contributed by atoms with van der Waals surface area (Å²) >= 11 is 0. The van der Waals surface area contributed by atoms with Gasteiger partial charge in [-0.05, 0) is 42.2 Å². The molecule has 0 fully saturated rings. The molecule has 5 heteroatoms. The molecule has 0 heterocycles. The molecule has 0 aromatic heterocycles. The fourth-order valence-electron chi connectivity index (χ4n) is 3.22. The highest BCUT2D eigenvalue weighted by Crippen LogP contribution is 2.16. The molecule has 0 saturated heterocycles. The van der Waals surface area contributed by atoms with Crippen LogP contribution in [0.5, 0.6) is 5.75 Å². The number of methoxy groups -OCH3 is 1. The van der Waals surface area contributed by atoms with Crippen molar-refractivity contribution in [2.24, 2.45) is 5.92 Å². The van der Waals surface area contributed by atoms with E-state index in [9.17, 15) is 9.59 Å². The molecular weight excluding hydrogens is 378 g/mol. The first-order chi connectivity index (χ1) is 14.6. The van der Waals surface area contributed by atoms with Crippen LogP contribution in [0.3, 0.4) is 0 Å². The third kappa shape index (κ3) is 7.54. The lowest BCUT2D eigenvalue weighted by atomic mass is 10.0. The smallest absolute Gasteiger partial charge is 0.329 e. The third-order valence-electron chi connectivity index (χ3n) is 5.23. The first kappa shape index (κ1) is 23.5. The Labute approximate surface area is 179 Å². The van der Waals surface area contributed by atoms with Crippen molar-refractivity contribution in [3.63, 3.8) is 0 Å². The van der Waals surface area contributed by atoms with Crippen molar-refractivity contribution >= 4 is 11.9 Å². The average molecular weight is 412 g/mol. The Morgan fingerprint density at radius 1 is 1.00 bits per heavy atom. The van der Waals surface area contributed by atoms with Gasteiger partial charge in [0, 0.05) is 12.0 Å². The molecule has 2 rings (SSSR count). The second kappa shape index (κ2) is 12.7. The minimum atomic E-state index is -0.755. The molecule has 2 atom stereocenters. The Morgan fingerprint density at radius 3 is 2.30 bits per heavy atom. The number of hydrogen-bond donors (Lipinski definition) is 1. The van der Waals surface area contributed by atoms with Gasteiger partial charge in [0.1, 0.15) is 11.8 Å². The van der Waals surface area contributed by atoms with Crippen LogP contribution in [-0.4, -0.2) is 31.6 Å². The maximum atomic E-state index is 12.9. The van der Waals surface area contributed by atoms with Crippen molar-refractivity contribution in [3.8, 4) is 5.75 Å². The molecule has 0 bridgehead atoms. The first-order valence-electron chi connectivity index (χ1n) is 10.7.